The quantitative estimate of drug-likeness (QED) is 0.720. The number of rotatable bonds is 4. The number of nitrogens with two attached hydrogens (primary N) is 1. The van der Waals surface area contributed by atoms with Gasteiger partial charge in [0.1, 0.15) is 10.6 Å². The van der Waals surface area contributed by atoms with Gasteiger partial charge in [0.25, 0.3) is 0 Å². The van der Waals surface area contributed by atoms with Gasteiger partial charge in [0.2, 0.25) is 0 Å². The number of pyridine rings is 2. The second-order valence-corrected chi connectivity index (χ2v) is 7.95. The number of hydrogen-bond acceptors (Lipinski definition) is 6. The molecule has 0 aromatic carbocycles. The fourth-order valence-corrected chi connectivity index (χ4v) is 4.84. The van der Waals surface area contributed by atoms with E-state index < -0.39 is 0 Å². The van der Waals surface area contributed by atoms with Gasteiger partial charge in [-0.3, -0.25) is 0 Å². The predicted molar refractivity (Wildman–Crippen MR) is 109 cm³/mol. The molecule has 3 aromatic rings. The molecule has 6 heteroatoms. The van der Waals surface area contributed by atoms with Gasteiger partial charge in [-0.2, -0.15) is 0 Å². The first-order valence-corrected chi connectivity index (χ1v) is 9.87. The monoisotopic (exact) mass is 368 g/mol. The van der Waals surface area contributed by atoms with E-state index in [0.29, 0.717) is 11.5 Å². The summed E-state index contributed by atoms with van der Waals surface area (Å²) in [5, 5.41) is 4.25. The molecule has 0 spiro atoms. The van der Waals surface area contributed by atoms with E-state index in [1.807, 2.05) is 30.6 Å². The molecule has 3 aromatic heterocycles. The van der Waals surface area contributed by atoms with Crippen molar-refractivity contribution in [3.05, 3.63) is 34.8 Å². The molecule has 5 nitrogen and oxygen atoms in total. The van der Waals surface area contributed by atoms with Gasteiger partial charge in [-0.15, -0.1) is 11.3 Å². The molecule has 0 aliphatic carbocycles. The summed E-state index contributed by atoms with van der Waals surface area (Å²) in [5.41, 5.74) is 9.92. The molecule has 26 heavy (non-hydrogen) atoms. The zero-order valence-corrected chi connectivity index (χ0v) is 16.0. The van der Waals surface area contributed by atoms with Crippen LogP contribution in [0.4, 0.5) is 11.5 Å². The van der Waals surface area contributed by atoms with E-state index in [2.05, 4.69) is 29.4 Å². The highest BCUT2D eigenvalue weighted by Gasteiger charge is 2.18. The Bertz CT molecular complexity index is 931. The summed E-state index contributed by atoms with van der Waals surface area (Å²) in [6.07, 6.45) is 5.28. The van der Waals surface area contributed by atoms with Crippen molar-refractivity contribution in [2.45, 2.75) is 26.2 Å². The molecule has 0 atom stereocenters. The maximum atomic E-state index is 6.05. The lowest BCUT2D eigenvalue weighted by atomic mass is 9.94. The Morgan fingerprint density at radius 1 is 1.31 bits per heavy atom. The number of nitrogen functional groups attached to an aromatic ring is 1. The van der Waals surface area contributed by atoms with Crippen molar-refractivity contribution in [2.75, 3.05) is 31.3 Å². The van der Waals surface area contributed by atoms with Gasteiger partial charge in [0, 0.05) is 42.3 Å². The van der Waals surface area contributed by atoms with Crippen molar-refractivity contribution in [1.82, 2.24) is 9.97 Å². The summed E-state index contributed by atoms with van der Waals surface area (Å²) < 4.78 is 5.49. The van der Waals surface area contributed by atoms with Gasteiger partial charge >= 0.3 is 0 Å². The summed E-state index contributed by atoms with van der Waals surface area (Å²) in [5.74, 6) is 1.42. The van der Waals surface area contributed by atoms with Crippen LogP contribution in [0.2, 0.25) is 0 Å². The van der Waals surface area contributed by atoms with Crippen LogP contribution >= 0.6 is 11.3 Å². The zero-order valence-electron chi connectivity index (χ0n) is 15.2. The first kappa shape index (κ1) is 17.2. The molecule has 1 aliphatic rings. The number of ether oxygens (including phenoxy) is 1. The highest BCUT2D eigenvalue weighted by atomic mass is 32.1. The normalized spacial score (nSPS) is 15.5. The lowest BCUT2D eigenvalue weighted by Gasteiger charge is -2.21. The molecule has 4 heterocycles. The molecule has 3 N–H and O–H groups in total. The molecule has 1 aliphatic heterocycles. The maximum absolute atomic E-state index is 6.05. The zero-order chi connectivity index (χ0) is 18.1. The smallest absolute Gasteiger partial charge is 0.148 e. The summed E-state index contributed by atoms with van der Waals surface area (Å²) in [7, 11) is 1.82. The molecular formula is C20H24N4OS. The predicted octanol–water partition coefficient (Wildman–Crippen LogP) is 4.26. The Hall–Kier alpha value is -2.18. The largest absolute Gasteiger partial charge is 0.396 e. The number of fused-ring (bicyclic) bond motifs is 1. The van der Waals surface area contributed by atoms with Crippen molar-refractivity contribution >= 4 is 33.1 Å². The minimum Gasteiger partial charge on any atom is -0.396 e. The lowest BCUT2D eigenvalue weighted by molar-refractivity contribution is 0.0667. The minimum atomic E-state index is 0.634. The molecule has 0 unspecified atom stereocenters. The lowest BCUT2D eigenvalue weighted by Crippen LogP contribution is -2.17. The Balaban J connectivity index is 1.65. The third kappa shape index (κ3) is 3.27. The van der Waals surface area contributed by atoms with E-state index in [0.717, 1.165) is 54.5 Å². The Labute approximate surface area is 157 Å². The highest BCUT2D eigenvalue weighted by Crippen LogP contribution is 2.35. The number of nitrogens with zero attached hydrogens (tertiary/aromatic N) is 2. The van der Waals surface area contributed by atoms with Crippen molar-refractivity contribution in [3.8, 4) is 11.3 Å². The number of anilines is 2. The van der Waals surface area contributed by atoms with Crippen LogP contribution in [-0.2, 0) is 11.2 Å². The van der Waals surface area contributed by atoms with Gasteiger partial charge in [-0.1, -0.05) is 0 Å². The highest BCUT2D eigenvalue weighted by molar-refractivity contribution is 7.18. The van der Waals surface area contributed by atoms with Gasteiger partial charge < -0.3 is 15.8 Å². The van der Waals surface area contributed by atoms with Crippen molar-refractivity contribution < 1.29 is 4.74 Å². The fourth-order valence-electron chi connectivity index (χ4n) is 3.55. The number of nitrogens with one attached hydrogen (secondary N) is 1. The second kappa shape index (κ2) is 7.21. The van der Waals surface area contributed by atoms with Crippen LogP contribution in [0.3, 0.4) is 0 Å². The Morgan fingerprint density at radius 3 is 2.85 bits per heavy atom. The van der Waals surface area contributed by atoms with Crippen LogP contribution in [0.25, 0.3) is 21.5 Å². The van der Waals surface area contributed by atoms with Gasteiger partial charge in [-0.25, -0.2) is 9.97 Å². The van der Waals surface area contributed by atoms with E-state index >= 15 is 0 Å². The van der Waals surface area contributed by atoms with Crippen molar-refractivity contribution in [1.29, 1.82) is 0 Å². The SMILES string of the molecule is CNc1ncc(-c2ccc3c(C)c(CC4CCOCC4)sc3n2)cc1N. The molecule has 0 amide bonds. The number of aryl methyl sites for hydroxylation is 1. The minimum absolute atomic E-state index is 0.634. The second-order valence-electron chi connectivity index (χ2n) is 6.87. The van der Waals surface area contributed by atoms with Crippen molar-refractivity contribution in [2.24, 2.45) is 5.92 Å². The molecule has 136 valence electrons. The Kier molecular flexibility index (Phi) is 4.78. The standard InChI is InChI=1S/C20H24N4OS/c1-12-15-3-4-17(14-10-16(21)19(22-2)23-11-14)24-20(15)26-18(12)9-13-5-7-25-8-6-13/h3-4,10-11,13H,5-9,21H2,1-2H3,(H,22,23). The van der Waals surface area contributed by atoms with E-state index in [9.17, 15) is 0 Å². The van der Waals surface area contributed by atoms with Crippen LogP contribution in [0, 0.1) is 12.8 Å². The average Bonchev–Trinajstić information content (AvgIpc) is 2.97. The molecule has 0 bridgehead atoms. The van der Waals surface area contributed by atoms with E-state index in [-0.39, 0.29) is 0 Å². The number of aromatic nitrogens is 2. The summed E-state index contributed by atoms with van der Waals surface area (Å²) in [6.45, 7) is 4.01. The van der Waals surface area contributed by atoms with Gasteiger partial charge in [-0.05, 0) is 55.9 Å². The van der Waals surface area contributed by atoms with E-state index in [1.165, 1.54) is 15.8 Å². The van der Waals surface area contributed by atoms with Crippen LogP contribution in [0.1, 0.15) is 23.3 Å². The molecule has 1 fully saturated rings. The molecule has 0 saturated carbocycles. The Morgan fingerprint density at radius 2 is 2.12 bits per heavy atom. The summed E-state index contributed by atoms with van der Waals surface area (Å²) in [4.78, 5) is 11.8. The molecule has 4 rings (SSSR count). The molecule has 1 saturated heterocycles. The first-order chi connectivity index (χ1) is 12.7. The topological polar surface area (TPSA) is 73.1 Å². The first-order valence-electron chi connectivity index (χ1n) is 9.06. The summed E-state index contributed by atoms with van der Waals surface area (Å²) >= 11 is 1.82. The number of thiophene rings is 1. The third-order valence-electron chi connectivity index (χ3n) is 5.17. The summed E-state index contributed by atoms with van der Waals surface area (Å²) in [6, 6.07) is 6.17. The van der Waals surface area contributed by atoms with Crippen LogP contribution in [-0.4, -0.2) is 30.2 Å². The third-order valence-corrected chi connectivity index (χ3v) is 6.39. The fraction of sp³-hybridized carbons (Fsp3) is 0.400. The average molecular weight is 369 g/mol. The van der Waals surface area contributed by atoms with Crippen LogP contribution < -0.4 is 11.1 Å². The maximum Gasteiger partial charge on any atom is 0.148 e. The van der Waals surface area contributed by atoms with Crippen LogP contribution in [0.15, 0.2) is 24.4 Å². The molecular weight excluding hydrogens is 344 g/mol. The molecule has 0 radical (unpaired) electrons. The van der Waals surface area contributed by atoms with E-state index in [1.54, 1.807) is 0 Å². The van der Waals surface area contributed by atoms with Gasteiger partial charge in [0.05, 0.1) is 11.4 Å². The van der Waals surface area contributed by atoms with Crippen molar-refractivity contribution in [3.63, 3.8) is 0 Å². The van der Waals surface area contributed by atoms with Crippen LogP contribution in [0.5, 0.6) is 0 Å². The number of hydrogen-bond donors (Lipinski definition) is 2. The van der Waals surface area contributed by atoms with Gasteiger partial charge in [0.15, 0.2) is 0 Å². The van der Waals surface area contributed by atoms with E-state index in [4.69, 9.17) is 15.5 Å².